The van der Waals surface area contributed by atoms with E-state index in [-0.39, 0.29) is 0 Å². The van der Waals surface area contributed by atoms with Crippen molar-refractivity contribution in [2.75, 3.05) is 0 Å². The molecule has 64 valence electrons. The minimum atomic E-state index is 1.22. The molecule has 0 radical (unpaired) electrons. The van der Waals surface area contributed by atoms with Gasteiger partial charge >= 0.3 is 0 Å². The summed E-state index contributed by atoms with van der Waals surface area (Å²) >= 11 is 0. The summed E-state index contributed by atoms with van der Waals surface area (Å²) in [5.41, 5.74) is 1.22. The number of hydrogen-bond acceptors (Lipinski definition) is 0. The Kier molecular flexibility index (Phi) is 2.54. The van der Waals surface area contributed by atoms with Gasteiger partial charge in [-0.05, 0) is 30.7 Å². The fourth-order valence-electron chi connectivity index (χ4n) is 1.38. The summed E-state index contributed by atoms with van der Waals surface area (Å²) in [5.74, 6) is 0. The van der Waals surface area contributed by atoms with Crippen molar-refractivity contribution in [2.24, 2.45) is 7.05 Å². The van der Waals surface area contributed by atoms with E-state index < -0.39 is 0 Å². The summed E-state index contributed by atoms with van der Waals surface area (Å²) in [6.45, 7) is 7.90. The maximum atomic E-state index is 3.77. The standard InChI is InChI=1S/C11H15N/c1-5-9(3)11-10(6-2)7-8-12(11)4/h5-8H,1H2,2-4H3/b10-6-,11-9+. The Bertz CT molecular complexity index is 393. The Morgan fingerprint density at radius 2 is 2.25 bits per heavy atom. The maximum Gasteiger partial charge on any atom is 0.0503 e. The molecule has 0 saturated carbocycles. The quantitative estimate of drug-likeness (QED) is 0.583. The molecule has 1 aromatic rings. The first-order chi connectivity index (χ1) is 5.70. The van der Waals surface area contributed by atoms with Crippen LogP contribution in [0.2, 0.25) is 0 Å². The van der Waals surface area contributed by atoms with Crippen molar-refractivity contribution < 1.29 is 0 Å². The van der Waals surface area contributed by atoms with Gasteiger partial charge in [0.05, 0.1) is 5.35 Å². The van der Waals surface area contributed by atoms with Crippen LogP contribution in [0.15, 0.2) is 24.9 Å². The van der Waals surface area contributed by atoms with E-state index in [2.05, 4.69) is 50.4 Å². The number of nitrogens with zero attached hydrogens (tertiary/aromatic N) is 1. The van der Waals surface area contributed by atoms with Gasteiger partial charge in [-0.1, -0.05) is 18.7 Å². The molecule has 0 aliphatic carbocycles. The molecule has 1 heteroatoms. The fraction of sp³-hybridized carbons (Fsp3) is 0.273. The van der Waals surface area contributed by atoms with Crippen molar-refractivity contribution >= 4 is 11.6 Å². The van der Waals surface area contributed by atoms with E-state index in [0.717, 1.165) is 0 Å². The van der Waals surface area contributed by atoms with E-state index in [1.807, 2.05) is 6.08 Å². The van der Waals surface area contributed by atoms with E-state index in [4.69, 9.17) is 0 Å². The molecule has 0 amide bonds. The Morgan fingerprint density at radius 3 is 2.75 bits per heavy atom. The predicted molar refractivity (Wildman–Crippen MR) is 54.1 cm³/mol. The highest BCUT2D eigenvalue weighted by molar-refractivity contribution is 5.52. The molecule has 0 fully saturated rings. The van der Waals surface area contributed by atoms with Crippen LogP contribution in [0.4, 0.5) is 0 Å². The lowest BCUT2D eigenvalue weighted by atomic mass is 10.2. The lowest BCUT2D eigenvalue weighted by Gasteiger charge is -1.94. The van der Waals surface area contributed by atoms with E-state index in [1.165, 1.54) is 16.1 Å². The molecular formula is C11H15N. The normalized spacial score (nSPS) is 14.8. The zero-order valence-corrected chi connectivity index (χ0v) is 7.96. The second-order valence-corrected chi connectivity index (χ2v) is 2.91. The van der Waals surface area contributed by atoms with E-state index in [0.29, 0.717) is 0 Å². The molecule has 0 aliphatic rings. The van der Waals surface area contributed by atoms with Crippen molar-refractivity contribution in [2.45, 2.75) is 13.8 Å². The third-order valence-electron chi connectivity index (χ3n) is 2.09. The molecule has 1 heterocycles. The van der Waals surface area contributed by atoms with Gasteiger partial charge < -0.3 is 4.57 Å². The zero-order chi connectivity index (χ0) is 9.14. The van der Waals surface area contributed by atoms with Crippen LogP contribution in [0.1, 0.15) is 13.8 Å². The molecule has 0 aliphatic heterocycles. The van der Waals surface area contributed by atoms with Crippen molar-refractivity contribution in [3.8, 4) is 0 Å². The van der Waals surface area contributed by atoms with Gasteiger partial charge in [-0.15, -0.1) is 0 Å². The van der Waals surface area contributed by atoms with Gasteiger partial charge in [-0.3, -0.25) is 0 Å². The van der Waals surface area contributed by atoms with Crippen molar-refractivity contribution in [1.29, 1.82) is 0 Å². The Balaban J connectivity index is 3.72. The average Bonchev–Trinajstić information content (AvgIpc) is 2.45. The van der Waals surface area contributed by atoms with Crippen molar-refractivity contribution in [3.05, 3.63) is 35.5 Å². The molecule has 1 aromatic heterocycles. The Labute approximate surface area is 73.3 Å². The summed E-state index contributed by atoms with van der Waals surface area (Å²) < 4.78 is 2.12. The summed E-state index contributed by atoms with van der Waals surface area (Å²) in [6.07, 6.45) is 6.07. The molecule has 1 rings (SSSR count). The minimum Gasteiger partial charge on any atom is -0.350 e. The van der Waals surface area contributed by atoms with Gasteiger partial charge in [-0.2, -0.15) is 0 Å². The maximum absolute atomic E-state index is 3.77. The largest absolute Gasteiger partial charge is 0.350 e. The van der Waals surface area contributed by atoms with Crippen LogP contribution in [0.5, 0.6) is 0 Å². The van der Waals surface area contributed by atoms with E-state index in [9.17, 15) is 0 Å². The molecule has 0 aromatic carbocycles. The molecule has 1 nitrogen and oxygen atoms in total. The Hall–Kier alpha value is -1.24. The molecule has 0 spiro atoms. The fourth-order valence-corrected chi connectivity index (χ4v) is 1.38. The van der Waals surface area contributed by atoms with Gasteiger partial charge in [0.1, 0.15) is 0 Å². The Morgan fingerprint density at radius 1 is 1.58 bits per heavy atom. The molecule has 0 bridgehead atoms. The number of rotatable bonds is 1. The lowest BCUT2D eigenvalue weighted by molar-refractivity contribution is 0.884. The average molecular weight is 161 g/mol. The van der Waals surface area contributed by atoms with Gasteiger partial charge in [0.25, 0.3) is 0 Å². The van der Waals surface area contributed by atoms with E-state index >= 15 is 0 Å². The lowest BCUT2D eigenvalue weighted by Crippen LogP contribution is -2.28. The summed E-state index contributed by atoms with van der Waals surface area (Å²) in [4.78, 5) is 0. The predicted octanol–water partition coefficient (Wildman–Crippen LogP) is 1.18. The van der Waals surface area contributed by atoms with Crippen LogP contribution >= 0.6 is 0 Å². The highest BCUT2D eigenvalue weighted by Gasteiger charge is 1.92. The van der Waals surface area contributed by atoms with Gasteiger partial charge in [0, 0.05) is 13.2 Å². The molecule has 0 atom stereocenters. The molecule has 0 saturated heterocycles. The first-order valence-corrected chi connectivity index (χ1v) is 4.11. The van der Waals surface area contributed by atoms with Crippen LogP contribution < -0.4 is 10.6 Å². The van der Waals surface area contributed by atoms with Crippen LogP contribution in [-0.4, -0.2) is 4.57 Å². The number of aromatic nitrogens is 1. The first-order valence-electron chi connectivity index (χ1n) is 4.11. The second-order valence-electron chi connectivity index (χ2n) is 2.91. The SMILES string of the molecule is C=C/C(C)=c1\c(=C/C)ccn1C. The van der Waals surface area contributed by atoms with Crippen molar-refractivity contribution in [3.63, 3.8) is 0 Å². The van der Waals surface area contributed by atoms with Gasteiger partial charge in [0.2, 0.25) is 0 Å². The molecule has 12 heavy (non-hydrogen) atoms. The smallest absolute Gasteiger partial charge is 0.0503 e. The zero-order valence-electron chi connectivity index (χ0n) is 7.96. The topological polar surface area (TPSA) is 4.93 Å². The summed E-state index contributed by atoms with van der Waals surface area (Å²) in [7, 11) is 2.05. The summed E-state index contributed by atoms with van der Waals surface area (Å²) in [5, 5.41) is 2.53. The monoisotopic (exact) mass is 161 g/mol. The summed E-state index contributed by atoms with van der Waals surface area (Å²) in [6, 6.07) is 2.11. The molecular weight excluding hydrogens is 146 g/mol. The van der Waals surface area contributed by atoms with Gasteiger partial charge in [-0.25, -0.2) is 0 Å². The van der Waals surface area contributed by atoms with Crippen LogP contribution in [0.3, 0.4) is 0 Å². The highest BCUT2D eigenvalue weighted by Crippen LogP contribution is 1.88. The first kappa shape index (κ1) is 8.85. The van der Waals surface area contributed by atoms with E-state index in [1.54, 1.807) is 0 Å². The van der Waals surface area contributed by atoms with Crippen LogP contribution in [0.25, 0.3) is 11.6 Å². The second kappa shape index (κ2) is 3.44. The van der Waals surface area contributed by atoms with Crippen LogP contribution in [0, 0.1) is 0 Å². The number of aryl methyl sites for hydroxylation is 1. The van der Waals surface area contributed by atoms with Crippen molar-refractivity contribution in [1.82, 2.24) is 4.57 Å². The van der Waals surface area contributed by atoms with Crippen LogP contribution in [-0.2, 0) is 7.05 Å². The third-order valence-corrected chi connectivity index (χ3v) is 2.09. The molecule has 0 N–H and O–H groups in total. The number of allylic oxidation sites excluding steroid dienone is 1. The number of hydrogen-bond donors (Lipinski definition) is 0. The third kappa shape index (κ3) is 1.35. The molecule has 0 unspecified atom stereocenters. The highest BCUT2D eigenvalue weighted by atomic mass is 14.9. The minimum absolute atomic E-state index is 1.22. The van der Waals surface area contributed by atoms with Gasteiger partial charge in [0.15, 0.2) is 0 Å².